The maximum Gasteiger partial charge on any atom is 0.0781 e. The number of rotatable bonds is 6. The van der Waals surface area contributed by atoms with Crippen molar-refractivity contribution >= 4 is 36.0 Å². The van der Waals surface area contributed by atoms with E-state index in [0.717, 1.165) is 33.9 Å². The molecule has 154 valence electrons. The molecule has 0 unspecified atom stereocenters. The quantitative estimate of drug-likeness (QED) is 0.260. The molecule has 0 amide bonds. The molecule has 0 aliphatic rings. The molecule has 0 aliphatic carbocycles. The van der Waals surface area contributed by atoms with Crippen molar-refractivity contribution in [3.05, 3.63) is 120 Å². The van der Waals surface area contributed by atoms with Crippen LogP contribution >= 0.6 is 0 Å². The summed E-state index contributed by atoms with van der Waals surface area (Å²) >= 11 is 0. The first-order chi connectivity index (χ1) is 15.0. The van der Waals surface area contributed by atoms with Crippen molar-refractivity contribution in [3.63, 3.8) is 0 Å². The van der Waals surface area contributed by atoms with E-state index in [1.165, 1.54) is 5.19 Å². The third-order valence-corrected chi connectivity index (χ3v) is 7.31. The number of nitrogens with zero attached hydrogens (tertiary/aromatic N) is 1. The van der Waals surface area contributed by atoms with Crippen molar-refractivity contribution in [1.82, 2.24) is 0 Å². The van der Waals surface area contributed by atoms with Crippen LogP contribution in [0.2, 0.25) is 19.6 Å². The second-order valence-corrected chi connectivity index (χ2v) is 13.8. The van der Waals surface area contributed by atoms with E-state index in [-0.39, 0.29) is 0 Å². The Bertz CT molecular complexity index is 1100. The van der Waals surface area contributed by atoms with Gasteiger partial charge in [-0.15, -0.1) is 0 Å². The Morgan fingerprint density at radius 2 is 1.03 bits per heavy atom. The molecular formula is C28H28N2Si. The van der Waals surface area contributed by atoms with E-state index < -0.39 is 8.07 Å². The highest BCUT2D eigenvalue weighted by molar-refractivity contribution is 6.88. The summed E-state index contributed by atoms with van der Waals surface area (Å²) in [7, 11) is -1.27. The van der Waals surface area contributed by atoms with Gasteiger partial charge in [-0.2, -0.15) is 0 Å². The van der Waals surface area contributed by atoms with Crippen LogP contribution in [0, 0.1) is 0 Å². The van der Waals surface area contributed by atoms with Crippen LogP contribution in [0.3, 0.4) is 0 Å². The zero-order valence-electron chi connectivity index (χ0n) is 18.3. The number of hydrogen-bond donors (Lipinski definition) is 1. The van der Waals surface area contributed by atoms with Gasteiger partial charge in [0.15, 0.2) is 0 Å². The first kappa shape index (κ1) is 20.8. The Labute approximate surface area is 186 Å². The lowest BCUT2D eigenvalue weighted by Gasteiger charge is -2.17. The van der Waals surface area contributed by atoms with Crippen LogP contribution in [0.25, 0.3) is 0 Å². The molecule has 4 rings (SSSR count). The van der Waals surface area contributed by atoms with Gasteiger partial charge < -0.3 is 5.32 Å². The van der Waals surface area contributed by atoms with E-state index in [9.17, 15) is 0 Å². The van der Waals surface area contributed by atoms with Gasteiger partial charge in [-0.25, -0.2) is 4.99 Å². The number of hydrogen-bond acceptors (Lipinski definition) is 2. The molecule has 4 aromatic rings. The molecule has 4 aromatic carbocycles. The number of aliphatic imine (C=N–C) groups is 1. The van der Waals surface area contributed by atoms with Crippen LogP contribution in [0.5, 0.6) is 0 Å². The van der Waals surface area contributed by atoms with Gasteiger partial charge in [0.25, 0.3) is 0 Å². The van der Waals surface area contributed by atoms with Gasteiger partial charge in [0.05, 0.1) is 19.5 Å². The van der Waals surface area contributed by atoms with E-state index >= 15 is 0 Å². The van der Waals surface area contributed by atoms with Crippen LogP contribution in [-0.2, 0) is 0 Å². The van der Waals surface area contributed by atoms with Crippen molar-refractivity contribution in [2.24, 2.45) is 4.99 Å². The summed E-state index contributed by atoms with van der Waals surface area (Å²) < 4.78 is 0. The summed E-state index contributed by atoms with van der Waals surface area (Å²) in [5.41, 5.74) is 6.29. The lowest BCUT2D eigenvalue weighted by Crippen LogP contribution is -2.37. The Morgan fingerprint density at radius 3 is 1.48 bits per heavy atom. The molecule has 3 heteroatoms. The van der Waals surface area contributed by atoms with E-state index in [1.807, 2.05) is 36.4 Å². The van der Waals surface area contributed by atoms with Crippen LogP contribution in [0.1, 0.15) is 11.1 Å². The lowest BCUT2D eigenvalue weighted by atomic mass is 10.0. The zero-order chi connectivity index (χ0) is 21.7. The van der Waals surface area contributed by atoms with Crippen molar-refractivity contribution in [2.45, 2.75) is 19.6 Å². The maximum absolute atomic E-state index is 4.98. The molecule has 2 nitrogen and oxygen atoms in total. The molecule has 0 spiro atoms. The Balaban J connectivity index is 1.57. The highest BCUT2D eigenvalue weighted by Gasteiger charge is 2.15. The van der Waals surface area contributed by atoms with E-state index in [4.69, 9.17) is 4.99 Å². The molecule has 0 aliphatic heterocycles. The summed E-state index contributed by atoms with van der Waals surface area (Å²) in [6.07, 6.45) is 0. The Hall–Kier alpha value is -3.43. The minimum Gasteiger partial charge on any atom is -0.356 e. The second-order valence-electron chi connectivity index (χ2n) is 8.69. The number of anilines is 2. The monoisotopic (exact) mass is 420 g/mol. The largest absolute Gasteiger partial charge is 0.356 e. The summed E-state index contributed by atoms with van der Waals surface area (Å²) in [4.78, 5) is 4.98. The summed E-state index contributed by atoms with van der Waals surface area (Å²) in [5.74, 6) is 0. The predicted molar refractivity (Wildman–Crippen MR) is 137 cm³/mol. The lowest BCUT2D eigenvalue weighted by molar-refractivity contribution is 1.46. The summed E-state index contributed by atoms with van der Waals surface area (Å²) in [5, 5.41) is 4.96. The van der Waals surface area contributed by atoms with E-state index in [0.29, 0.717) is 0 Å². The van der Waals surface area contributed by atoms with E-state index in [2.05, 4.69) is 97.8 Å². The normalized spacial score (nSPS) is 11.1. The fraction of sp³-hybridized carbons (Fsp3) is 0.107. The SMILES string of the molecule is C[Si](C)(C)c1ccc(Nc2ccc(N=C(c3ccccc3)c3ccccc3)cc2)cc1. The van der Waals surface area contributed by atoms with Crippen molar-refractivity contribution < 1.29 is 0 Å². The molecule has 0 saturated heterocycles. The third kappa shape index (κ3) is 5.38. The van der Waals surface area contributed by atoms with Crippen LogP contribution in [0.4, 0.5) is 17.1 Å². The second kappa shape index (κ2) is 9.15. The summed E-state index contributed by atoms with van der Waals surface area (Å²) in [6, 6.07) is 37.8. The minimum absolute atomic E-state index is 0.933. The maximum atomic E-state index is 4.98. The van der Waals surface area contributed by atoms with Crippen LogP contribution in [0.15, 0.2) is 114 Å². The molecule has 0 atom stereocenters. The van der Waals surface area contributed by atoms with Gasteiger partial charge in [-0.3, -0.25) is 0 Å². The van der Waals surface area contributed by atoms with Gasteiger partial charge in [-0.05, 0) is 36.4 Å². The van der Waals surface area contributed by atoms with Crippen molar-refractivity contribution in [1.29, 1.82) is 0 Å². The summed E-state index contributed by atoms with van der Waals surface area (Å²) in [6.45, 7) is 7.11. The molecule has 31 heavy (non-hydrogen) atoms. The fourth-order valence-electron chi connectivity index (χ4n) is 3.46. The standard InChI is InChI=1S/C28H28N2Si/c1-31(2,3)27-20-18-25(19-21-27)29-24-14-16-26(17-15-24)30-28(22-10-6-4-7-11-22)23-12-8-5-9-13-23/h4-21,29H,1-3H3. The zero-order valence-corrected chi connectivity index (χ0v) is 19.3. The van der Waals surface area contributed by atoms with E-state index in [1.54, 1.807) is 0 Å². The predicted octanol–water partition coefficient (Wildman–Crippen LogP) is 7.14. The number of nitrogens with one attached hydrogen (secondary N) is 1. The highest BCUT2D eigenvalue weighted by atomic mass is 28.3. The van der Waals surface area contributed by atoms with Crippen LogP contribution < -0.4 is 10.5 Å². The van der Waals surface area contributed by atoms with Crippen molar-refractivity contribution in [2.75, 3.05) is 5.32 Å². The first-order valence-corrected chi connectivity index (χ1v) is 14.2. The van der Waals surface area contributed by atoms with Gasteiger partial charge in [0, 0.05) is 22.5 Å². The molecule has 0 heterocycles. The van der Waals surface area contributed by atoms with Gasteiger partial charge in [0.2, 0.25) is 0 Å². The van der Waals surface area contributed by atoms with Crippen molar-refractivity contribution in [3.8, 4) is 0 Å². The third-order valence-electron chi connectivity index (χ3n) is 5.24. The van der Waals surface area contributed by atoms with Crippen LogP contribution in [-0.4, -0.2) is 13.8 Å². The van der Waals surface area contributed by atoms with Gasteiger partial charge >= 0.3 is 0 Å². The topological polar surface area (TPSA) is 24.4 Å². The van der Waals surface area contributed by atoms with Gasteiger partial charge in [-0.1, -0.05) is 97.6 Å². The fourth-order valence-corrected chi connectivity index (χ4v) is 4.62. The molecule has 0 fully saturated rings. The molecule has 0 radical (unpaired) electrons. The Morgan fingerprint density at radius 1 is 0.581 bits per heavy atom. The molecule has 0 bridgehead atoms. The smallest absolute Gasteiger partial charge is 0.0781 e. The molecule has 1 N–H and O–H groups in total. The molecular weight excluding hydrogens is 392 g/mol. The first-order valence-electron chi connectivity index (χ1n) is 10.7. The number of benzene rings is 4. The van der Waals surface area contributed by atoms with Gasteiger partial charge in [0.1, 0.15) is 0 Å². The molecule has 0 saturated carbocycles. The highest BCUT2D eigenvalue weighted by Crippen LogP contribution is 2.23. The molecule has 0 aromatic heterocycles. The minimum atomic E-state index is -1.27. The Kier molecular flexibility index (Phi) is 6.15. The average Bonchev–Trinajstić information content (AvgIpc) is 2.79. The average molecular weight is 421 g/mol.